The second-order valence-electron chi connectivity index (χ2n) is 4.66. The largest absolute Gasteiger partial charge is 0.497 e. The molecule has 1 N–H and O–H groups in total. The lowest BCUT2D eigenvalue weighted by atomic mass is 10.2. The molecule has 2 rings (SSSR count). The first-order valence-electron chi connectivity index (χ1n) is 6.58. The molecule has 0 radical (unpaired) electrons. The Balaban J connectivity index is 1.79. The molecule has 1 amide bonds. The number of benzene rings is 1. The van der Waals surface area contributed by atoms with E-state index in [1.165, 1.54) is 0 Å². The zero-order valence-electron chi connectivity index (χ0n) is 11.7. The van der Waals surface area contributed by atoms with Gasteiger partial charge in [0.15, 0.2) is 0 Å². The van der Waals surface area contributed by atoms with Gasteiger partial charge in [0.2, 0.25) is 5.91 Å². The molecule has 0 aliphatic heterocycles. The van der Waals surface area contributed by atoms with Crippen molar-refractivity contribution < 1.29 is 9.53 Å². The molecule has 0 bridgehead atoms. The summed E-state index contributed by atoms with van der Waals surface area (Å²) in [5, 5.41) is 7.04. The summed E-state index contributed by atoms with van der Waals surface area (Å²) >= 11 is 0. The van der Waals surface area contributed by atoms with Gasteiger partial charge in [0.1, 0.15) is 5.75 Å². The van der Waals surface area contributed by atoms with Crippen molar-refractivity contribution in [3.63, 3.8) is 0 Å². The van der Waals surface area contributed by atoms with E-state index in [0.717, 1.165) is 11.3 Å². The number of methoxy groups -OCH3 is 1. The highest BCUT2D eigenvalue weighted by Crippen LogP contribution is 2.12. The maximum absolute atomic E-state index is 11.9. The van der Waals surface area contributed by atoms with E-state index in [1.807, 2.05) is 43.5 Å². The smallest absolute Gasteiger partial charge is 0.222 e. The third kappa shape index (κ3) is 3.85. The molecule has 0 saturated carbocycles. The van der Waals surface area contributed by atoms with Crippen LogP contribution in [0.4, 0.5) is 0 Å². The van der Waals surface area contributed by atoms with Gasteiger partial charge in [-0.1, -0.05) is 12.1 Å². The Bertz CT molecular complexity index is 535. The molecule has 5 nitrogen and oxygen atoms in total. The van der Waals surface area contributed by atoms with Crippen LogP contribution in [0, 0.1) is 0 Å². The van der Waals surface area contributed by atoms with Crippen molar-refractivity contribution in [2.75, 3.05) is 7.11 Å². The number of hydrogen-bond donors (Lipinski definition) is 1. The van der Waals surface area contributed by atoms with E-state index >= 15 is 0 Å². The number of ether oxygens (including phenoxy) is 1. The Morgan fingerprint density at radius 2 is 2.15 bits per heavy atom. The topological polar surface area (TPSA) is 56.1 Å². The summed E-state index contributed by atoms with van der Waals surface area (Å²) in [6.45, 7) is 2.49. The van der Waals surface area contributed by atoms with E-state index in [1.54, 1.807) is 18.0 Å². The van der Waals surface area contributed by atoms with Crippen LogP contribution >= 0.6 is 0 Å². The lowest BCUT2D eigenvalue weighted by Gasteiger charge is -2.12. The van der Waals surface area contributed by atoms with Crippen LogP contribution in [0.3, 0.4) is 0 Å². The van der Waals surface area contributed by atoms with Crippen LogP contribution < -0.4 is 10.1 Å². The quantitative estimate of drug-likeness (QED) is 0.877. The van der Waals surface area contributed by atoms with Gasteiger partial charge in [0.05, 0.1) is 13.2 Å². The van der Waals surface area contributed by atoms with Gasteiger partial charge in [-0.3, -0.25) is 9.48 Å². The average molecular weight is 273 g/mol. The lowest BCUT2D eigenvalue weighted by Crippen LogP contribution is -2.25. The van der Waals surface area contributed by atoms with Gasteiger partial charge >= 0.3 is 0 Å². The summed E-state index contributed by atoms with van der Waals surface area (Å²) in [6.07, 6.45) is 3.99. The standard InChI is InChI=1S/C15H19N3O2/c1-12(18-9-3-8-17-18)10-15(19)16-11-13-4-6-14(20-2)7-5-13/h3-9,12H,10-11H2,1-2H3,(H,16,19). The van der Waals surface area contributed by atoms with Crippen molar-refractivity contribution in [3.8, 4) is 5.75 Å². The highest BCUT2D eigenvalue weighted by Gasteiger charge is 2.10. The fourth-order valence-corrected chi connectivity index (χ4v) is 1.92. The minimum Gasteiger partial charge on any atom is -0.497 e. The van der Waals surface area contributed by atoms with Gasteiger partial charge in [-0.05, 0) is 30.7 Å². The minimum atomic E-state index is 0.0174. The van der Waals surface area contributed by atoms with Crippen molar-refractivity contribution >= 4 is 5.91 Å². The predicted molar refractivity (Wildman–Crippen MR) is 76.4 cm³/mol. The zero-order chi connectivity index (χ0) is 14.4. The van der Waals surface area contributed by atoms with Gasteiger partial charge in [-0.25, -0.2) is 0 Å². The molecule has 1 aromatic carbocycles. The van der Waals surface area contributed by atoms with Crippen molar-refractivity contribution in [3.05, 3.63) is 48.3 Å². The molecule has 0 saturated heterocycles. The Hall–Kier alpha value is -2.30. The normalized spacial score (nSPS) is 11.9. The van der Waals surface area contributed by atoms with Crippen molar-refractivity contribution in [1.82, 2.24) is 15.1 Å². The van der Waals surface area contributed by atoms with Gasteiger partial charge in [-0.15, -0.1) is 0 Å². The lowest BCUT2D eigenvalue weighted by molar-refractivity contribution is -0.122. The van der Waals surface area contributed by atoms with Crippen LogP contribution in [0.5, 0.6) is 5.75 Å². The maximum Gasteiger partial charge on any atom is 0.222 e. The number of carbonyl (C=O) groups excluding carboxylic acids is 1. The van der Waals surface area contributed by atoms with Crippen LogP contribution in [0.15, 0.2) is 42.7 Å². The summed E-state index contributed by atoms with van der Waals surface area (Å²) < 4.78 is 6.88. The number of hydrogen-bond acceptors (Lipinski definition) is 3. The fraction of sp³-hybridized carbons (Fsp3) is 0.333. The third-order valence-electron chi connectivity index (χ3n) is 3.11. The molecule has 1 unspecified atom stereocenters. The Morgan fingerprint density at radius 3 is 2.75 bits per heavy atom. The average Bonchev–Trinajstić information content (AvgIpc) is 3.00. The summed E-state index contributed by atoms with van der Waals surface area (Å²) in [5.74, 6) is 0.830. The maximum atomic E-state index is 11.9. The van der Waals surface area contributed by atoms with E-state index < -0.39 is 0 Å². The summed E-state index contributed by atoms with van der Waals surface area (Å²) in [5.41, 5.74) is 1.05. The highest BCUT2D eigenvalue weighted by atomic mass is 16.5. The fourth-order valence-electron chi connectivity index (χ4n) is 1.92. The minimum absolute atomic E-state index is 0.0174. The monoisotopic (exact) mass is 273 g/mol. The second-order valence-corrected chi connectivity index (χ2v) is 4.66. The first-order chi connectivity index (χ1) is 9.69. The highest BCUT2D eigenvalue weighted by molar-refractivity contribution is 5.76. The predicted octanol–water partition coefficient (Wildman–Crippen LogP) is 2.16. The molecule has 1 heterocycles. The molecule has 1 aromatic heterocycles. The van der Waals surface area contributed by atoms with Crippen LogP contribution in [0.25, 0.3) is 0 Å². The molecule has 20 heavy (non-hydrogen) atoms. The van der Waals surface area contributed by atoms with Crippen LogP contribution in [-0.4, -0.2) is 22.8 Å². The summed E-state index contributed by atoms with van der Waals surface area (Å²) in [6, 6.07) is 9.56. The molecule has 2 aromatic rings. The van der Waals surface area contributed by atoms with Gasteiger partial charge in [0, 0.05) is 25.4 Å². The molecular weight excluding hydrogens is 254 g/mol. The molecule has 1 atom stereocenters. The molecule has 0 aliphatic carbocycles. The van der Waals surface area contributed by atoms with Crippen molar-refractivity contribution in [2.45, 2.75) is 25.9 Å². The van der Waals surface area contributed by atoms with Gasteiger partial charge in [0.25, 0.3) is 0 Å². The number of amides is 1. The summed E-state index contributed by atoms with van der Waals surface area (Å²) in [4.78, 5) is 11.9. The Labute approximate surface area is 118 Å². The Morgan fingerprint density at radius 1 is 1.40 bits per heavy atom. The van der Waals surface area contributed by atoms with E-state index in [4.69, 9.17) is 4.74 Å². The number of carbonyl (C=O) groups is 1. The zero-order valence-corrected chi connectivity index (χ0v) is 11.7. The third-order valence-corrected chi connectivity index (χ3v) is 3.11. The van der Waals surface area contributed by atoms with Crippen molar-refractivity contribution in [2.24, 2.45) is 0 Å². The molecule has 5 heteroatoms. The number of rotatable bonds is 6. The van der Waals surface area contributed by atoms with E-state index in [2.05, 4.69) is 10.4 Å². The Kier molecular flexibility index (Phi) is 4.76. The number of nitrogens with one attached hydrogen (secondary N) is 1. The van der Waals surface area contributed by atoms with Crippen LogP contribution in [0.1, 0.15) is 24.9 Å². The molecule has 0 spiro atoms. The van der Waals surface area contributed by atoms with Crippen LogP contribution in [0.2, 0.25) is 0 Å². The molecule has 0 aliphatic rings. The number of nitrogens with zero attached hydrogens (tertiary/aromatic N) is 2. The van der Waals surface area contributed by atoms with E-state index in [0.29, 0.717) is 13.0 Å². The van der Waals surface area contributed by atoms with Gasteiger partial charge < -0.3 is 10.1 Å². The summed E-state index contributed by atoms with van der Waals surface area (Å²) in [7, 11) is 1.63. The van der Waals surface area contributed by atoms with Crippen molar-refractivity contribution in [1.29, 1.82) is 0 Å². The molecule has 106 valence electrons. The first kappa shape index (κ1) is 14.1. The molecular formula is C15H19N3O2. The van der Waals surface area contributed by atoms with Gasteiger partial charge in [-0.2, -0.15) is 5.10 Å². The van der Waals surface area contributed by atoms with E-state index in [9.17, 15) is 4.79 Å². The first-order valence-corrected chi connectivity index (χ1v) is 6.58. The number of aromatic nitrogens is 2. The van der Waals surface area contributed by atoms with E-state index in [-0.39, 0.29) is 11.9 Å². The molecule has 0 fully saturated rings. The second kappa shape index (κ2) is 6.75. The SMILES string of the molecule is COc1ccc(CNC(=O)CC(C)n2cccn2)cc1. The van der Waals surface area contributed by atoms with Crippen LogP contribution in [-0.2, 0) is 11.3 Å².